The molecule has 4 nitrogen and oxygen atoms in total. The molecule has 0 radical (unpaired) electrons. The fourth-order valence-electron chi connectivity index (χ4n) is 2.24. The monoisotopic (exact) mass is 242 g/mol. The van der Waals surface area contributed by atoms with Gasteiger partial charge < -0.3 is 21.3 Å². The lowest BCUT2D eigenvalue weighted by Gasteiger charge is -2.18. The van der Waals surface area contributed by atoms with Crippen LogP contribution in [0.1, 0.15) is 26.2 Å². The standard InChI is InChI=1S/C13H30N4/c1-2-4-13-11-16-9-7-14-5-3-6-15-8-10-17-12-13/h13-17H,2-12H2,1H3. The summed E-state index contributed by atoms with van der Waals surface area (Å²) in [5.74, 6) is 0.781. The second-order valence-electron chi connectivity index (χ2n) is 4.92. The van der Waals surface area contributed by atoms with Crippen LogP contribution in [0.4, 0.5) is 0 Å². The van der Waals surface area contributed by atoms with Crippen molar-refractivity contribution >= 4 is 0 Å². The molecule has 0 unspecified atom stereocenters. The van der Waals surface area contributed by atoms with Crippen molar-refractivity contribution in [1.29, 1.82) is 0 Å². The van der Waals surface area contributed by atoms with Gasteiger partial charge in [-0.25, -0.2) is 0 Å². The highest BCUT2D eigenvalue weighted by Crippen LogP contribution is 2.03. The first-order valence-corrected chi connectivity index (χ1v) is 7.26. The summed E-state index contributed by atoms with van der Waals surface area (Å²) in [5, 5.41) is 14.0. The summed E-state index contributed by atoms with van der Waals surface area (Å²) in [7, 11) is 0. The Bertz CT molecular complexity index is 149. The summed E-state index contributed by atoms with van der Waals surface area (Å²) >= 11 is 0. The second-order valence-corrected chi connectivity index (χ2v) is 4.92. The van der Waals surface area contributed by atoms with E-state index in [-0.39, 0.29) is 0 Å². The van der Waals surface area contributed by atoms with Gasteiger partial charge in [0.15, 0.2) is 0 Å². The Morgan fingerprint density at radius 1 is 0.765 bits per heavy atom. The Kier molecular flexibility index (Phi) is 9.61. The van der Waals surface area contributed by atoms with Gasteiger partial charge in [-0.3, -0.25) is 0 Å². The van der Waals surface area contributed by atoms with Crippen molar-refractivity contribution < 1.29 is 0 Å². The molecule has 0 aromatic rings. The van der Waals surface area contributed by atoms with Crippen molar-refractivity contribution in [3.05, 3.63) is 0 Å². The number of rotatable bonds is 2. The molecule has 0 spiro atoms. The summed E-state index contributed by atoms with van der Waals surface area (Å²) in [6, 6.07) is 0. The lowest BCUT2D eigenvalue weighted by molar-refractivity contribution is 0.407. The van der Waals surface area contributed by atoms with E-state index < -0.39 is 0 Å². The van der Waals surface area contributed by atoms with Crippen molar-refractivity contribution in [3.63, 3.8) is 0 Å². The highest BCUT2D eigenvalue weighted by molar-refractivity contribution is 4.67. The Balaban J connectivity index is 2.19. The minimum atomic E-state index is 0.781. The fraction of sp³-hybridized carbons (Fsp3) is 1.00. The minimum absolute atomic E-state index is 0.781. The van der Waals surface area contributed by atoms with E-state index in [1.54, 1.807) is 0 Å². The smallest absolute Gasteiger partial charge is 0.00768 e. The first-order valence-electron chi connectivity index (χ1n) is 7.26. The first-order chi connectivity index (χ1) is 8.43. The maximum absolute atomic E-state index is 3.56. The summed E-state index contributed by atoms with van der Waals surface area (Å²) < 4.78 is 0. The zero-order valence-electron chi connectivity index (χ0n) is 11.4. The number of nitrogens with one attached hydrogen (secondary N) is 4. The highest BCUT2D eigenvalue weighted by Gasteiger charge is 2.06. The third kappa shape index (κ3) is 8.55. The van der Waals surface area contributed by atoms with Gasteiger partial charge in [-0.2, -0.15) is 0 Å². The zero-order chi connectivity index (χ0) is 12.2. The molecule has 0 aromatic carbocycles. The van der Waals surface area contributed by atoms with Gasteiger partial charge in [0.2, 0.25) is 0 Å². The van der Waals surface area contributed by atoms with Crippen LogP contribution in [0.25, 0.3) is 0 Å². The minimum Gasteiger partial charge on any atom is -0.315 e. The summed E-state index contributed by atoms with van der Waals surface area (Å²) in [6.45, 7) is 11.2. The molecule has 1 fully saturated rings. The summed E-state index contributed by atoms with van der Waals surface area (Å²) in [5.41, 5.74) is 0. The molecule has 1 aliphatic rings. The van der Waals surface area contributed by atoms with E-state index in [0.717, 1.165) is 58.3 Å². The van der Waals surface area contributed by atoms with Gasteiger partial charge in [0.1, 0.15) is 0 Å². The van der Waals surface area contributed by atoms with E-state index in [1.165, 1.54) is 19.3 Å². The lowest BCUT2D eigenvalue weighted by Crippen LogP contribution is -2.38. The molecule has 4 heteroatoms. The third-order valence-electron chi connectivity index (χ3n) is 3.23. The van der Waals surface area contributed by atoms with Gasteiger partial charge in [-0.15, -0.1) is 0 Å². The predicted molar refractivity (Wildman–Crippen MR) is 74.5 cm³/mol. The van der Waals surface area contributed by atoms with Gasteiger partial charge >= 0.3 is 0 Å². The summed E-state index contributed by atoms with van der Waals surface area (Å²) in [6.07, 6.45) is 3.82. The van der Waals surface area contributed by atoms with E-state index in [4.69, 9.17) is 0 Å². The number of hydrogen-bond acceptors (Lipinski definition) is 4. The van der Waals surface area contributed by atoms with Gasteiger partial charge in [-0.1, -0.05) is 13.3 Å². The second kappa shape index (κ2) is 11.0. The predicted octanol–water partition coefficient (Wildman–Crippen LogP) is 0.165. The van der Waals surface area contributed by atoms with Gasteiger partial charge in [0.25, 0.3) is 0 Å². The van der Waals surface area contributed by atoms with Crippen LogP contribution < -0.4 is 21.3 Å². The quantitative estimate of drug-likeness (QED) is 0.557. The van der Waals surface area contributed by atoms with Crippen LogP contribution >= 0.6 is 0 Å². The molecule has 1 heterocycles. The fourth-order valence-corrected chi connectivity index (χ4v) is 2.24. The molecule has 0 aromatic heterocycles. The Morgan fingerprint density at radius 2 is 1.29 bits per heavy atom. The van der Waals surface area contributed by atoms with Crippen molar-refractivity contribution in [2.24, 2.45) is 5.92 Å². The van der Waals surface area contributed by atoms with Crippen molar-refractivity contribution in [2.45, 2.75) is 26.2 Å². The molecule has 1 saturated heterocycles. The first kappa shape index (κ1) is 14.9. The highest BCUT2D eigenvalue weighted by atomic mass is 15.0. The van der Waals surface area contributed by atoms with E-state index in [1.807, 2.05) is 0 Å². The largest absolute Gasteiger partial charge is 0.315 e. The third-order valence-corrected chi connectivity index (χ3v) is 3.23. The molecule has 17 heavy (non-hydrogen) atoms. The molecule has 1 rings (SSSR count). The van der Waals surface area contributed by atoms with Crippen LogP contribution in [0.3, 0.4) is 0 Å². The molecule has 4 N–H and O–H groups in total. The molecule has 0 saturated carbocycles. The van der Waals surface area contributed by atoms with Crippen LogP contribution in [0.5, 0.6) is 0 Å². The summed E-state index contributed by atoms with van der Waals surface area (Å²) in [4.78, 5) is 0. The Labute approximate surface area is 106 Å². The van der Waals surface area contributed by atoms with Gasteiger partial charge in [0, 0.05) is 26.2 Å². The SMILES string of the molecule is CCCC1CNCCNCCCNCCNC1. The average Bonchev–Trinajstić information content (AvgIpc) is 2.34. The molecule has 0 bridgehead atoms. The topological polar surface area (TPSA) is 48.1 Å². The van der Waals surface area contributed by atoms with Crippen LogP contribution in [-0.2, 0) is 0 Å². The maximum atomic E-state index is 3.56. The normalized spacial score (nSPS) is 23.1. The van der Waals surface area contributed by atoms with Gasteiger partial charge in [0.05, 0.1) is 0 Å². The van der Waals surface area contributed by atoms with E-state index in [0.29, 0.717) is 0 Å². The van der Waals surface area contributed by atoms with Crippen LogP contribution in [-0.4, -0.2) is 52.4 Å². The Morgan fingerprint density at radius 3 is 1.82 bits per heavy atom. The van der Waals surface area contributed by atoms with Crippen LogP contribution in [0.15, 0.2) is 0 Å². The molecular weight excluding hydrogens is 212 g/mol. The van der Waals surface area contributed by atoms with E-state index >= 15 is 0 Å². The van der Waals surface area contributed by atoms with Crippen LogP contribution in [0, 0.1) is 5.92 Å². The molecule has 0 atom stereocenters. The molecular formula is C13H30N4. The molecule has 102 valence electrons. The van der Waals surface area contributed by atoms with E-state index in [9.17, 15) is 0 Å². The molecule has 0 aliphatic carbocycles. The Hall–Kier alpha value is -0.160. The van der Waals surface area contributed by atoms with Gasteiger partial charge in [-0.05, 0) is 44.9 Å². The van der Waals surface area contributed by atoms with Crippen molar-refractivity contribution in [3.8, 4) is 0 Å². The van der Waals surface area contributed by atoms with Crippen LogP contribution in [0.2, 0.25) is 0 Å². The molecule has 0 amide bonds. The lowest BCUT2D eigenvalue weighted by atomic mass is 10.0. The number of hydrogen-bond donors (Lipinski definition) is 4. The van der Waals surface area contributed by atoms with E-state index in [2.05, 4.69) is 28.2 Å². The average molecular weight is 242 g/mol. The van der Waals surface area contributed by atoms with Crippen molar-refractivity contribution in [2.75, 3.05) is 52.4 Å². The maximum Gasteiger partial charge on any atom is 0.00768 e. The zero-order valence-corrected chi connectivity index (χ0v) is 11.4. The van der Waals surface area contributed by atoms with Crippen molar-refractivity contribution in [1.82, 2.24) is 21.3 Å². The molecule has 1 aliphatic heterocycles.